The molecule has 0 N–H and O–H groups in total. The fraction of sp³-hybridized carbons (Fsp3) is 0.286. The Labute approximate surface area is 257 Å². The summed E-state index contributed by atoms with van der Waals surface area (Å²) in [5, 5.41) is -0.0337. The highest BCUT2D eigenvalue weighted by atomic mass is 35.5. The summed E-state index contributed by atoms with van der Waals surface area (Å²) in [4.78, 5) is 90.1. The predicted molar refractivity (Wildman–Crippen MR) is 147 cm³/mol. The van der Waals surface area contributed by atoms with Crippen molar-refractivity contribution in [3.63, 3.8) is 0 Å². The fourth-order valence-corrected chi connectivity index (χ4v) is 4.38. The molecule has 2 aromatic heterocycles. The number of benzene rings is 1. The van der Waals surface area contributed by atoms with E-state index in [0.717, 1.165) is 45.2 Å². The minimum absolute atomic E-state index is 0.00942. The van der Waals surface area contributed by atoms with Gasteiger partial charge >= 0.3 is 29.6 Å². The number of halogens is 2. The molecule has 1 saturated heterocycles. The van der Waals surface area contributed by atoms with Crippen molar-refractivity contribution in [2.24, 2.45) is 0 Å². The summed E-state index contributed by atoms with van der Waals surface area (Å²) in [5.74, 6) is -6.31. The lowest BCUT2D eigenvalue weighted by Crippen LogP contribution is -2.46. The van der Waals surface area contributed by atoms with Crippen LogP contribution >= 0.6 is 11.6 Å². The zero-order chi connectivity index (χ0) is 33.0. The van der Waals surface area contributed by atoms with Crippen LogP contribution in [0.4, 0.5) is 4.39 Å². The van der Waals surface area contributed by atoms with Crippen LogP contribution in [0.2, 0.25) is 5.02 Å². The van der Waals surface area contributed by atoms with Crippen molar-refractivity contribution in [1.82, 2.24) is 14.1 Å². The van der Waals surface area contributed by atoms with Crippen molar-refractivity contribution in [3.8, 4) is 11.6 Å². The summed E-state index contributed by atoms with van der Waals surface area (Å²) in [7, 11) is 0. The highest BCUT2D eigenvalue weighted by Gasteiger charge is 2.40. The van der Waals surface area contributed by atoms with Gasteiger partial charge in [0.25, 0.3) is 11.5 Å². The molecule has 3 atom stereocenters. The van der Waals surface area contributed by atoms with Crippen LogP contribution in [-0.4, -0.2) is 62.7 Å². The van der Waals surface area contributed by atoms with Gasteiger partial charge in [-0.15, -0.1) is 0 Å². The summed E-state index contributed by atoms with van der Waals surface area (Å²) in [5.41, 5.74) is -3.48. The first-order valence-electron chi connectivity index (χ1n) is 13.0. The van der Waals surface area contributed by atoms with Crippen LogP contribution < -0.4 is 20.7 Å². The highest BCUT2D eigenvalue weighted by molar-refractivity contribution is 6.32. The molecule has 3 aromatic rings. The normalized spacial score (nSPS) is 17.3. The first kappa shape index (κ1) is 32.7. The molecule has 1 aliphatic rings. The largest absolute Gasteiger partial charge is 0.463 e. The van der Waals surface area contributed by atoms with Gasteiger partial charge in [0.1, 0.15) is 30.1 Å². The molecule has 45 heavy (non-hydrogen) atoms. The van der Waals surface area contributed by atoms with Gasteiger partial charge in [0, 0.05) is 38.8 Å². The van der Waals surface area contributed by atoms with Gasteiger partial charge < -0.3 is 23.7 Å². The maximum Gasteiger partial charge on any atom is 0.344 e. The molecule has 0 unspecified atom stereocenters. The molecule has 1 fully saturated rings. The molecule has 0 spiro atoms. The number of esters is 4. The molecular weight excluding hydrogens is 625 g/mol. The van der Waals surface area contributed by atoms with E-state index in [2.05, 4.69) is 4.98 Å². The fourth-order valence-electron chi connectivity index (χ4n) is 4.24. The molecular formula is C28H23ClFN3O12. The highest BCUT2D eigenvalue weighted by Crippen LogP contribution is 2.31. The predicted octanol–water partition coefficient (Wildman–Crippen LogP) is 1.81. The number of carbonyl (C=O) groups is 5. The summed E-state index contributed by atoms with van der Waals surface area (Å²) >= 11 is 5.91. The van der Waals surface area contributed by atoms with Crippen LogP contribution in [0.15, 0.2) is 52.3 Å². The molecule has 17 heteroatoms. The molecule has 3 heterocycles. The lowest BCUT2D eigenvalue weighted by atomic mass is 10.1. The van der Waals surface area contributed by atoms with Gasteiger partial charge in [0.15, 0.2) is 5.75 Å². The topological polar surface area (TPSA) is 188 Å². The molecule has 0 aliphatic carbocycles. The van der Waals surface area contributed by atoms with Gasteiger partial charge in [-0.05, 0) is 18.2 Å². The minimum Gasteiger partial charge on any atom is -0.463 e. The Morgan fingerprint density at radius 1 is 1.02 bits per heavy atom. The molecule has 15 nitrogen and oxygen atoms in total. The molecule has 1 aliphatic heterocycles. The number of carbonyl (C=O) groups excluding carboxylic acids is 5. The Balaban J connectivity index is 1.62. The number of hydrogen-bond acceptors (Lipinski definition) is 13. The van der Waals surface area contributed by atoms with Gasteiger partial charge in [0.2, 0.25) is 11.7 Å². The first-order chi connectivity index (χ1) is 21.2. The quantitative estimate of drug-likeness (QED) is 0.322. The number of rotatable bonds is 8. The third-order valence-corrected chi connectivity index (χ3v) is 6.41. The van der Waals surface area contributed by atoms with E-state index < -0.39 is 65.3 Å². The second kappa shape index (κ2) is 13.6. The standard InChI is InChI=1S/C28H23ClFN3O12/c1-13(34)41-12-22-21(43-15(3)36)9-24(44-22)32-11-19(30)26(38)33(28(32)40)25(37)16-5-4-6-17(7-16)27(39)45-23-8-20(42-14(2)35)18(29)10-31-23/h4-8,10-11,21-22,24H,9,12H2,1-3H3/t21-,22+,24+/m0/s1. The number of hydrogen-bond donors (Lipinski definition) is 0. The van der Waals surface area contributed by atoms with Crippen molar-refractivity contribution in [1.29, 1.82) is 0 Å². The van der Waals surface area contributed by atoms with Gasteiger partial charge in [-0.25, -0.2) is 14.6 Å². The van der Waals surface area contributed by atoms with Crippen LogP contribution in [0.1, 0.15) is 54.1 Å². The molecule has 0 amide bonds. The summed E-state index contributed by atoms with van der Waals surface area (Å²) in [6, 6.07) is 5.73. The van der Waals surface area contributed by atoms with E-state index in [-0.39, 0.29) is 45.4 Å². The van der Waals surface area contributed by atoms with E-state index in [1.807, 2.05) is 0 Å². The Hall–Kier alpha value is -5.22. The van der Waals surface area contributed by atoms with Crippen molar-refractivity contribution in [2.75, 3.05) is 6.61 Å². The number of ether oxygens (including phenoxy) is 5. The maximum atomic E-state index is 14.8. The summed E-state index contributed by atoms with van der Waals surface area (Å²) < 4.78 is 41.3. The Kier molecular flexibility index (Phi) is 9.88. The number of aromatic nitrogens is 3. The maximum absolute atomic E-state index is 14.8. The van der Waals surface area contributed by atoms with Crippen molar-refractivity contribution < 1.29 is 52.0 Å². The monoisotopic (exact) mass is 647 g/mol. The number of nitrogens with zero attached hydrogens (tertiary/aromatic N) is 3. The smallest absolute Gasteiger partial charge is 0.344 e. The van der Waals surface area contributed by atoms with Gasteiger partial charge in [0.05, 0.1) is 18.0 Å². The van der Waals surface area contributed by atoms with Gasteiger partial charge in [-0.2, -0.15) is 8.96 Å². The van der Waals surface area contributed by atoms with Crippen LogP contribution in [0.25, 0.3) is 0 Å². The van der Waals surface area contributed by atoms with Crippen LogP contribution in [-0.2, 0) is 28.6 Å². The van der Waals surface area contributed by atoms with Crippen molar-refractivity contribution in [3.05, 3.63) is 85.5 Å². The Morgan fingerprint density at radius 2 is 1.73 bits per heavy atom. The summed E-state index contributed by atoms with van der Waals surface area (Å²) in [6.45, 7) is 3.03. The third-order valence-electron chi connectivity index (χ3n) is 6.13. The van der Waals surface area contributed by atoms with Gasteiger partial charge in [-0.3, -0.25) is 28.5 Å². The molecule has 0 radical (unpaired) electrons. The number of pyridine rings is 1. The third kappa shape index (κ3) is 7.66. The van der Waals surface area contributed by atoms with E-state index in [4.69, 9.17) is 35.3 Å². The second-order valence-corrected chi connectivity index (χ2v) is 9.85. The second-order valence-electron chi connectivity index (χ2n) is 9.44. The van der Waals surface area contributed by atoms with Crippen molar-refractivity contribution >= 4 is 41.4 Å². The van der Waals surface area contributed by atoms with E-state index in [0.29, 0.717) is 10.8 Å². The van der Waals surface area contributed by atoms with E-state index in [9.17, 15) is 38.0 Å². The zero-order valence-corrected chi connectivity index (χ0v) is 24.4. The van der Waals surface area contributed by atoms with Gasteiger partial charge in [-0.1, -0.05) is 17.7 Å². The molecule has 1 aromatic carbocycles. The zero-order valence-electron chi connectivity index (χ0n) is 23.7. The minimum atomic E-state index is -1.58. The van der Waals surface area contributed by atoms with Crippen LogP contribution in [0.5, 0.6) is 11.6 Å². The average molecular weight is 648 g/mol. The molecule has 0 bridgehead atoms. The summed E-state index contributed by atoms with van der Waals surface area (Å²) in [6.07, 6.45) is -1.99. The first-order valence-corrected chi connectivity index (χ1v) is 13.3. The lowest BCUT2D eigenvalue weighted by Gasteiger charge is -2.18. The Bertz CT molecular complexity index is 1820. The van der Waals surface area contributed by atoms with Crippen LogP contribution in [0.3, 0.4) is 0 Å². The Morgan fingerprint density at radius 3 is 2.40 bits per heavy atom. The van der Waals surface area contributed by atoms with Crippen molar-refractivity contribution in [2.45, 2.75) is 45.6 Å². The van der Waals surface area contributed by atoms with E-state index in [1.54, 1.807) is 0 Å². The van der Waals surface area contributed by atoms with Crippen LogP contribution in [0, 0.1) is 5.82 Å². The average Bonchev–Trinajstić information content (AvgIpc) is 3.36. The molecule has 0 saturated carbocycles. The molecule has 4 rings (SSSR count). The molecule has 236 valence electrons. The lowest BCUT2D eigenvalue weighted by molar-refractivity contribution is -0.155. The van der Waals surface area contributed by atoms with E-state index in [1.165, 1.54) is 12.1 Å². The SMILES string of the molecule is CC(=O)OC[C@H]1O[C@@H](n2cc(F)c(=O)n(C(=O)c3cccc(C(=O)Oc4cc(OC(C)=O)c(Cl)cn4)c3)c2=O)C[C@@H]1OC(C)=O. The van der Waals surface area contributed by atoms with E-state index >= 15 is 0 Å².